The third-order valence-corrected chi connectivity index (χ3v) is 1.69. The standard InChI is InChI=1S/C11H8FNO2/c1-13-10(11(14)15-2)7-8-3-5-9(12)6-4-8/h3-7H,2H3/b10-7-. The molecule has 4 heteroatoms. The average Bonchev–Trinajstić information content (AvgIpc) is 2.27. The average molecular weight is 205 g/mol. The van der Waals surface area contributed by atoms with Gasteiger partial charge in [0, 0.05) is 0 Å². The molecule has 1 rings (SSSR count). The Morgan fingerprint density at radius 3 is 2.53 bits per heavy atom. The molecule has 0 aromatic heterocycles. The molecule has 0 saturated heterocycles. The van der Waals surface area contributed by atoms with Crippen molar-refractivity contribution in [3.63, 3.8) is 0 Å². The van der Waals surface area contributed by atoms with E-state index in [0.29, 0.717) is 5.56 Å². The molecule has 76 valence electrons. The summed E-state index contributed by atoms with van der Waals surface area (Å²) in [7, 11) is 1.20. The van der Waals surface area contributed by atoms with Crippen LogP contribution in [0.2, 0.25) is 0 Å². The van der Waals surface area contributed by atoms with Crippen LogP contribution in [0.1, 0.15) is 5.56 Å². The molecule has 0 unspecified atom stereocenters. The lowest BCUT2D eigenvalue weighted by Gasteiger charge is -1.97. The van der Waals surface area contributed by atoms with Crippen LogP contribution < -0.4 is 0 Å². The molecule has 0 saturated carbocycles. The van der Waals surface area contributed by atoms with E-state index in [1.165, 1.54) is 37.5 Å². The number of hydrogen-bond acceptors (Lipinski definition) is 2. The van der Waals surface area contributed by atoms with Gasteiger partial charge in [-0.3, -0.25) is 4.79 Å². The van der Waals surface area contributed by atoms with E-state index >= 15 is 0 Å². The Morgan fingerprint density at radius 2 is 2.07 bits per heavy atom. The molecule has 0 aliphatic rings. The van der Waals surface area contributed by atoms with Crippen molar-refractivity contribution in [3.05, 3.63) is 52.8 Å². The van der Waals surface area contributed by atoms with Gasteiger partial charge in [-0.15, -0.1) is 0 Å². The molecule has 0 aliphatic carbocycles. The fourth-order valence-electron chi connectivity index (χ4n) is 0.958. The maximum absolute atomic E-state index is 12.6. The number of methoxy groups -OCH3 is 1. The molecule has 0 bridgehead atoms. The Labute approximate surface area is 86.6 Å². The highest BCUT2D eigenvalue weighted by molar-refractivity contribution is 5.95. The fraction of sp³-hybridized carbons (Fsp3) is 0.0909. The van der Waals surface area contributed by atoms with E-state index in [2.05, 4.69) is 9.58 Å². The summed E-state index contributed by atoms with van der Waals surface area (Å²) >= 11 is 0. The number of carbonyl (C=O) groups excluding carboxylic acids is 1. The summed E-state index contributed by atoms with van der Waals surface area (Å²) in [4.78, 5) is 14.1. The second-order valence-electron chi connectivity index (χ2n) is 2.68. The second kappa shape index (κ2) is 4.91. The van der Waals surface area contributed by atoms with Gasteiger partial charge in [-0.25, -0.2) is 9.24 Å². The molecule has 0 radical (unpaired) electrons. The molecule has 0 N–H and O–H groups in total. The van der Waals surface area contributed by atoms with Crippen molar-refractivity contribution in [2.45, 2.75) is 0 Å². The summed E-state index contributed by atoms with van der Waals surface area (Å²) in [5, 5.41) is 0. The number of rotatable bonds is 2. The summed E-state index contributed by atoms with van der Waals surface area (Å²) < 4.78 is 17.0. The van der Waals surface area contributed by atoms with E-state index in [1.807, 2.05) is 0 Å². The van der Waals surface area contributed by atoms with E-state index in [-0.39, 0.29) is 11.5 Å². The maximum Gasteiger partial charge on any atom is 0.336 e. The Hall–Kier alpha value is -2.15. The van der Waals surface area contributed by atoms with Crippen LogP contribution in [0.15, 0.2) is 30.0 Å². The highest BCUT2D eigenvalue weighted by Gasteiger charge is 2.08. The SMILES string of the molecule is [C-]#[N+]/C(=C\c1ccc(F)cc1)C(=O)OC. The van der Waals surface area contributed by atoms with Gasteiger partial charge in [0.1, 0.15) is 5.82 Å². The van der Waals surface area contributed by atoms with Gasteiger partial charge in [-0.2, -0.15) is 0 Å². The minimum Gasteiger partial charge on any atom is -0.474 e. The summed E-state index contributed by atoms with van der Waals surface area (Å²) in [6.07, 6.45) is 1.35. The van der Waals surface area contributed by atoms with Crippen LogP contribution in [0.3, 0.4) is 0 Å². The van der Waals surface area contributed by atoms with Gasteiger partial charge in [0.05, 0.1) is 13.7 Å². The predicted octanol–water partition coefficient (Wildman–Crippen LogP) is 2.26. The van der Waals surface area contributed by atoms with E-state index in [4.69, 9.17) is 6.57 Å². The third-order valence-electron chi connectivity index (χ3n) is 1.69. The van der Waals surface area contributed by atoms with E-state index in [0.717, 1.165) is 0 Å². The van der Waals surface area contributed by atoms with Crippen molar-refractivity contribution in [1.29, 1.82) is 0 Å². The number of nitrogens with zero attached hydrogens (tertiary/aromatic N) is 1. The minimum atomic E-state index is -0.700. The summed E-state index contributed by atoms with van der Waals surface area (Å²) in [5.41, 5.74) is 0.442. The van der Waals surface area contributed by atoms with Crippen molar-refractivity contribution in [2.75, 3.05) is 7.11 Å². The molecule has 0 spiro atoms. The van der Waals surface area contributed by atoms with Crippen LogP contribution in [0, 0.1) is 12.4 Å². The number of ether oxygens (including phenoxy) is 1. The number of esters is 1. The van der Waals surface area contributed by atoms with Crippen molar-refractivity contribution in [2.24, 2.45) is 0 Å². The highest BCUT2D eigenvalue weighted by atomic mass is 19.1. The number of benzene rings is 1. The van der Waals surface area contributed by atoms with E-state index in [9.17, 15) is 9.18 Å². The van der Waals surface area contributed by atoms with Crippen LogP contribution in [0.5, 0.6) is 0 Å². The van der Waals surface area contributed by atoms with Gasteiger partial charge in [-0.05, 0) is 23.8 Å². The zero-order chi connectivity index (χ0) is 11.3. The molecular weight excluding hydrogens is 197 g/mol. The highest BCUT2D eigenvalue weighted by Crippen LogP contribution is 2.10. The van der Waals surface area contributed by atoms with Gasteiger partial charge < -0.3 is 4.74 Å². The van der Waals surface area contributed by atoms with Crippen molar-refractivity contribution in [1.82, 2.24) is 0 Å². The molecule has 1 aromatic rings. The lowest BCUT2D eigenvalue weighted by Crippen LogP contribution is -2.00. The van der Waals surface area contributed by atoms with Gasteiger partial charge >= 0.3 is 5.97 Å². The van der Waals surface area contributed by atoms with Crippen molar-refractivity contribution in [3.8, 4) is 0 Å². The first kappa shape index (κ1) is 10.9. The van der Waals surface area contributed by atoms with Gasteiger partial charge in [-0.1, -0.05) is 12.1 Å². The lowest BCUT2D eigenvalue weighted by atomic mass is 10.2. The van der Waals surface area contributed by atoms with Crippen molar-refractivity contribution < 1.29 is 13.9 Å². The summed E-state index contributed by atoms with van der Waals surface area (Å²) in [5.74, 6) is -1.07. The number of carbonyl (C=O) groups is 1. The number of halogens is 1. The minimum absolute atomic E-state index is 0.135. The molecular formula is C11H8FNO2. The largest absolute Gasteiger partial charge is 0.474 e. The van der Waals surface area contributed by atoms with Gasteiger partial charge in [0.15, 0.2) is 0 Å². The molecule has 1 aromatic carbocycles. The molecule has 3 nitrogen and oxygen atoms in total. The first-order valence-electron chi connectivity index (χ1n) is 4.10. The van der Waals surface area contributed by atoms with Gasteiger partial charge in [0.25, 0.3) is 5.70 Å². The van der Waals surface area contributed by atoms with E-state index < -0.39 is 5.97 Å². The monoisotopic (exact) mass is 205 g/mol. The maximum atomic E-state index is 12.6. The molecule has 0 amide bonds. The smallest absolute Gasteiger partial charge is 0.336 e. The first-order valence-corrected chi connectivity index (χ1v) is 4.10. The van der Waals surface area contributed by atoms with Crippen LogP contribution in [-0.4, -0.2) is 13.1 Å². The normalized spacial score (nSPS) is 10.6. The van der Waals surface area contributed by atoms with Crippen LogP contribution in [0.4, 0.5) is 4.39 Å². The fourth-order valence-corrected chi connectivity index (χ4v) is 0.958. The summed E-state index contributed by atoms with van der Waals surface area (Å²) in [6, 6.07) is 5.46. The zero-order valence-corrected chi connectivity index (χ0v) is 8.03. The summed E-state index contributed by atoms with van der Waals surface area (Å²) in [6.45, 7) is 6.77. The third kappa shape index (κ3) is 2.92. The lowest BCUT2D eigenvalue weighted by molar-refractivity contribution is -0.135. The van der Waals surface area contributed by atoms with Crippen LogP contribution in [-0.2, 0) is 9.53 Å². The Morgan fingerprint density at radius 1 is 1.47 bits per heavy atom. The topological polar surface area (TPSA) is 30.7 Å². The molecule has 0 heterocycles. The number of hydrogen-bond donors (Lipinski definition) is 0. The molecule has 0 atom stereocenters. The Balaban J connectivity index is 3.00. The molecule has 15 heavy (non-hydrogen) atoms. The Bertz CT molecular complexity index is 429. The van der Waals surface area contributed by atoms with Crippen LogP contribution >= 0.6 is 0 Å². The molecule has 0 aliphatic heterocycles. The van der Waals surface area contributed by atoms with Crippen LogP contribution in [0.25, 0.3) is 10.9 Å². The predicted molar refractivity (Wildman–Crippen MR) is 53.0 cm³/mol. The molecule has 0 fully saturated rings. The van der Waals surface area contributed by atoms with E-state index in [1.54, 1.807) is 0 Å². The quantitative estimate of drug-likeness (QED) is 0.421. The zero-order valence-electron chi connectivity index (χ0n) is 8.03. The Kier molecular flexibility index (Phi) is 3.58. The second-order valence-corrected chi connectivity index (χ2v) is 2.68. The first-order chi connectivity index (χ1) is 7.17. The van der Waals surface area contributed by atoms with Crippen molar-refractivity contribution >= 4 is 12.0 Å². The van der Waals surface area contributed by atoms with Gasteiger partial charge in [0.2, 0.25) is 0 Å².